The molecule has 1 unspecified atom stereocenters. The van der Waals surface area contributed by atoms with Gasteiger partial charge >= 0.3 is 5.97 Å². The number of tetrazole rings is 1. The highest BCUT2D eigenvalue weighted by Crippen LogP contribution is 2.42. The van der Waals surface area contributed by atoms with Crippen molar-refractivity contribution in [2.24, 2.45) is 13.0 Å². The molecule has 106 valence electrons. The van der Waals surface area contributed by atoms with Crippen molar-refractivity contribution in [3.8, 4) is 0 Å². The van der Waals surface area contributed by atoms with Crippen molar-refractivity contribution in [2.45, 2.75) is 43.4 Å². The van der Waals surface area contributed by atoms with Gasteiger partial charge in [-0.3, -0.25) is 10.1 Å². The molecular weight excluding hydrogens is 266 g/mol. The Labute approximate surface area is 116 Å². The van der Waals surface area contributed by atoms with Gasteiger partial charge in [-0.1, -0.05) is 11.8 Å². The van der Waals surface area contributed by atoms with Crippen molar-refractivity contribution < 1.29 is 9.90 Å². The fourth-order valence-corrected chi connectivity index (χ4v) is 3.31. The molecule has 2 N–H and O–H groups in total. The van der Waals surface area contributed by atoms with Crippen molar-refractivity contribution in [1.29, 1.82) is 0 Å². The summed E-state index contributed by atoms with van der Waals surface area (Å²) in [6.07, 6.45) is 1.92. The largest absolute Gasteiger partial charge is 0.480 e. The number of carboxylic acids is 1. The van der Waals surface area contributed by atoms with Gasteiger partial charge in [-0.25, -0.2) is 4.68 Å². The third-order valence-corrected chi connectivity index (χ3v) is 4.42. The molecule has 1 atom stereocenters. The van der Waals surface area contributed by atoms with Crippen LogP contribution in [0.5, 0.6) is 0 Å². The van der Waals surface area contributed by atoms with E-state index in [1.54, 1.807) is 11.7 Å². The predicted octanol–water partition coefficient (Wildman–Crippen LogP) is 0.534. The molecule has 1 aromatic rings. The number of nitrogens with one attached hydrogen (secondary N) is 1. The predicted molar refractivity (Wildman–Crippen MR) is 70.9 cm³/mol. The van der Waals surface area contributed by atoms with Gasteiger partial charge in [-0.15, -0.1) is 5.10 Å². The van der Waals surface area contributed by atoms with E-state index in [0.29, 0.717) is 10.9 Å². The molecule has 0 spiro atoms. The minimum Gasteiger partial charge on any atom is -0.480 e. The Kier molecular flexibility index (Phi) is 4.10. The van der Waals surface area contributed by atoms with Crippen LogP contribution in [0.3, 0.4) is 0 Å². The topological polar surface area (TPSA) is 92.9 Å². The van der Waals surface area contributed by atoms with Crippen LogP contribution in [0.15, 0.2) is 5.16 Å². The second kappa shape index (κ2) is 5.46. The van der Waals surface area contributed by atoms with Gasteiger partial charge in [0.15, 0.2) is 0 Å². The van der Waals surface area contributed by atoms with Crippen LogP contribution in [0, 0.1) is 5.92 Å². The van der Waals surface area contributed by atoms with E-state index in [0.717, 1.165) is 12.8 Å². The van der Waals surface area contributed by atoms with Crippen LogP contribution in [-0.4, -0.2) is 48.6 Å². The molecule has 19 heavy (non-hydrogen) atoms. The summed E-state index contributed by atoms with van der Waals surface area (Å²) in [6.45, 7) is 3.93. The van der Waals surface area contributed by atoms with Crippen LogP contribution in [0.2, 0.25) is 0 Å². The standard InChI is InChI=1S/C11H19N5O2S/c1-7(2)12-11(9(17)18,8-4-5-8)6-19-10-13-14-15-16(10)3/h7-8,12H,4-6H2,1-3H3,(H,17,18). The number of hydrogen-bond donors (Lipinski definition) is 2. The zero-order valence-corrected chi connectivity index (χ0v) is 12.1. The van der Waals surface area contributed by atoms with Gasteiger partial charge in [0.2, 0.25) is 5.16 Å². The smallest absolute Gasteiger partial charge is 0.325 e. The van der Waals surface area contributed by atoms with Gasteiger partial charge in [0.25, 0.3) is 0 Å². The minimum atomic E-state index is -0.884. The number of hydrogen-bond acceptors (Lipinski definition) is 6. The van der Waals surface area contributed by atoms with E-state index >= 15 is 0 Å². The van der Waals surface area contributed by atoms with Gasteiger partial charge in [-0.2, -0.15) is 0 Å². The second-order valence-corrected chi connectivity index (χ2v) is 6.17. The van der Waals surface area contributed by atoms with Crippen LogP contribution in [0.25, 0.3) is 0 Å². The molecule has 0 radical (unpaired) electrons. The molecule has 7 nitrogen and oxygen atoms in total. The quantitative estimate of drug-likeness (QED) is 0.706. The van der Waals surface area contributed by atoms with Crippen molar-refractivity contribution in [1.82, 2.24) is 25.5 Å². The molecule has 0 amide bonds. The van der Waals surface area contributed by atoms with E-state index in [-0.39, 0.29) is 12.0 Å². The Morgan fingerprint density at radius 2 is 2.32 bits per heavy atom. The molecule has 0 aromatic carbocycles. The summed E-state index contributed by atoms with van der Waals surface area (Å²) in [6, 6.07) is 0.120. The van der Waals surface area contributed by atoms with Gasteiger partial charge in [0.1, 0.15) is 5.54 Å². The van der Waals surface area contributed by atoms with Crippen LogP contribution >= 0.6 is 11.8 Å². The average Bonchev–Trinajstić information content (AvgIpc) is 3.09. The molecule has 1 aromatic heterocycles. The number of rotatable bonds is 7. The third kappa shape index (κ3) is 3.06. The van der Waals surface area contributed by atoms with Gasteiger partial charge in [-0.05, 0) is 43.0 Å². The molecule has 8 heteroatoms. The number of aliphatic carboxylic acids is 1. The summed E-state index contributed by atoms with van der Waals surface area (Å²) in [7, 11) is 1.75. The molecular formula is C11H19N5O2S. The molecule has 0 aliphatic heterocycles. The Morgan fingerprint density at radius 3 is 2.74 bits per heavy atom. The number of thioether (sulfide) groups is 1. The van der Waals surface area contributed by atoms with E-state index in [2.05, 4.69) is 20.8 Å². The Bertz CT molecular complexity index is 460. The lowest BCUT2D eigenvalue weighted by Crippen LogP contribution is -2.58. The van der Waals surface area contributed by atoms with Crippen molar-refractivity contribution in [3.63, 3.8) is 0 Å². The van der Waals surface area contributed by atoms with E-state index in [1.165, 1.54) is 11.8 Å². The summed E-state index contributed by atoms with van der Waals surface area (Å²) < 4.78 is 1.56. The van der Waals surface area contributed by atoms with Gasteiger partial charge in [0, 0.05) is 18.8 Å². The van der Waals surface area contributed by atoms with Crippen LogP contribution < -0.4 is 5.32 Å². The lowest BCUT2D eigenvalue weighted by Gasteiger charge is -2.32. The first-order chi connectivity index (χ1) is 8.95. The van der Waals surface area contributed by atoms with E-state index in [9.17, 15) is 9.90 Å². The lowest BCUT2D eigenvalue weighted by molar-refractivity contribution is -0.145. The molecule has 1 aliphatic carbocycles. The van der Waals surface area contributed by atoms with E-state index < -0.39 is 11.5 Å². The second-order valence-electron chi connectivity index (χ2n) is 5.22. The Morgan fingerprint density at radius 1 is 1.63 bits per heavy atom. The maximum atomic E-state index is 11.7. The monoisotopic (exact) mass is 285 g/mol. The SMILES string of the molecule is CC(C)NC(CSc1nnnn1C)(C(=O)O)C1CC1. The molecule has 0 saturated heterocycles. The molecule has 1 fully saturated rings. The first-order valence-corrected chi connectivity index (χ1v) is 7.30. The number of aromatic nitrogens is 4. The summed E-state index contributed by atoms with van der Waals surface area (Å²) in [5.41, 5.74) is -0.884. The number of carbonyl (C=O) groups is 1. The summed E-state index contributed by atoms with van der Waals surface area (Å²) >= 11 is 1.38. The number of aryl methyl sites for hydroxylation is 1. The van der Waals surface area contributed by atoms with Crippen molar-refractivity contribution in [3.05, 3.63) is 0 Å². The average molecular weight is 285 g/mol. The first-order valence-electron chi connectivity index (χ1n) is 6.32. The zero-order valence-electron chi connectivity index (χ0n) is 11.3. The number of nitrogens with zero attached hydrogens (tertiary/aromatic N) is 4. The maximum Gasteiger partial charge on any atom is 0.325 e. The molecule has 1 saturated carbocycles. The Balaban J connectivity index is 2.13. The fraction of sp³-hybridized carbons (Fsp3) is 0.818. The Hall–Kier alpha value is -1.15. The molecule has 1 aliphatic rings. The summed E-state index contributed by atoms with van der Waals surface area (Å²) in [4.78, 5) is 11.7. The molecule has 2 rings (SSSR count). The number of carboxylic acid groups (broad SMARTS) is 1. The van der Waals surface area contributed by atoms with E-state index in [1.807, 2.05) is 13.8 Å². The summed E-state index contributed by atoms with van der Waals surface area (Å²) in [5.74, 6) is -0.160. The normalized spacial score (nSPS) is 18.5. The fourth-order valence-electron chi connectivity index (χ4n) is 2.19. The van der Waals surface area contributed by atoms with E-state index in [4.69, 9.17) is 0 Å². The van der Waals surface area contributed by atoms with Crippen molar-refractivity contribution in [2.75, 3.05) is 5.75 Å². The van der Waals surface area contributed by atoms with Gasteiger partial charge in [0.05, 0.1) is 0 Å². The molecule has 1 heterocycles. The highest BCUT2D eigenvalue weighted by Gasteiger charge is 2.51. The van der Waals surface area contributed by atoms with Crippen LogP contribution in [0.4, 0.5) is 0 Å². The highest BCUT2D eigenvalue weighted by molar-refractivity contribution is 7.99. The molecule has 0 bridgehead atoms. The third-order valence-electron chi connectivity index (χ3n) is 3.21. The zero-order chi connectivity index (χ0) is 14.0. The first kappa shape index (κ1) is 14.3. The van der Waals surface area contributed by atoms with Crippen molar-refractivity contribution >= 4 is 17.7 Å². The van der Waals surface area contributed by atoms with Crippen LogP contribution in [0.1, 0.15) is 26.7 Å². The summed E-state index contributed by atoms with van der Waals surface area (Å²) in [5, 5.41) is 24.7. The minimum absolute atomic E-state index is 0.120. The van der Waals surface area contributed by atoms with Gasteiger partial charge < -0.3 is 5.11 Å². The highest BCUT2D eigenvalue weighted by atomic mass is 32.2. The maximum absolute atomic E-state index is 11.7. The van der Waals surface area contributed by atoms with Crippen LogP contribution in [-0.2, 0) is 11.8 Å². The lowest BCUT2D eigenvalue weighted by atomic mass is 9.94.